The van der Waals surface area contributed by atoms with Gasteiger partial charge in [0.25, 0.3) is 0 Å². The van der Waals surface area contributed by atoms with Crippen LogP contribution >= 0.6 is 0 Å². The number of nitrogens with one attached hydrogen (secondary N) is 1. The standard InChI is InChI=1S/C13H17N3O2/c1-18-13-9-11(3-4-12(13)17)10-14-6-8-16-7-2-5-15-16/h2-5,7,9,14,17H,6,8,10H2,1H3. The van der Waals surface area contributed by atoms with E-state index in [1.807, 2.05) is 29.1 Å². The van der Waals surface area contributed by atoms with Crippen LogP contribution in [-0.2, 0) is 13.1 Å². The molecule has 0 amide bonds. The summed E-state index contributed by atoms with van der Waals surface area (Å²) in [7, 11) is 1.55. The molecule has 96 valence electrons. The SMILES string of the molecule is COc1cc(CNCCn2cccn2)ccc1O. The van der Waals surface area contributed by atoms with Gasteiger partial charge >= 0.3 is 0 Å². The predicted molar refractivity (Wildman–Crippen MR) is 68.6 cm³/mol. The van der Waals surface area contributed by atoms with Gasteiger partial charge in [-0.15, -0.1) is 0 Å². The van der Waals surface area contributed by atoms with E-state index in [-0.39, 0.29) is 5.75 Å². The van der Waals surface area contributed by atoms with E-state index in [9.17, 15) is 5.11 Å². The highest BCUT2D eigenvalue weighted by atomic mass is 16.5. The van der Waals surface area contributed by atoms with Gasteiger partial charge in [-0.1, -0.05) is 6.07 Å². The monoisotopic (exact) mass is 247 g/mol. The second-order valence-corrected chi connectivity index (χ2v) is 3.95. The highest BCUT2D eigenvalue weighted by Gasteiger charge is 2.02. The van der Waals surface area contributed by atoms with Gasteiger partial charge in [-0.05, 0) is 23.8 Å². The molecule has 2 N–H and O–H groups in total. The van der Waals surface area contributed by atoms with E-state index in [1.165, 1.54) is 0 Å². The Bertz CT molecular complexity index is 483. The number of aromatic nitrogens is 2. The minimum atomic E-state index is 0.165. The Morgan fingerprint density at radius 1 is 1.44 bits per heavy atom. The van der Waals surface area contributed by atoms with Gasteiger partial charge in [-0.2, -0.15) is 5.10 Å². The Labute approximate surface area is 106 Å². The molecule has 1 aromatic carbocycles. The molecule has 1 aromatic heterocycles. The first-order valence-electron chi connectivity index (χ1n) is 5.83. The number of methoxy groups -OCH3 is 1. The van der Waals surface area contributed by atoms with Crippen molar-refractivity contribution in [3.05, 3.63) is 42.2 Å². The minimum Gasteiger partial charge on any atom is -0.504 e. The maximum absolute atomic E-state index is 9.47. The molecule has 0 saturated heterocycles. The summed E-state index contributed by atoms with van der Waals surface area (Å²) >= 11 is 0. The Morgan fingerprint density at radius 2 is 2.33 bits per heavy atom. The summed E-state index contributed by atoms with van der Waals surface area (Å²) in [6.45, 7) is 2.41. The van der Waals surface area contributed by atoms with E-state index in [0.29, 0.717) is 5.75 Å². The summed E-state index contributed by atoms with van der Waals surface area (Å²) in [5.41, 5.74) is 1.07. The van der Waals surface area contributed by atoms with Crippen LogP contribution in [0, 0.1) is 0 Å². The number of ether oxygens (including phenoxy) is 1. The van der Waals surface area contributed by atoms with Gasteiger partial charge in [0.1, 0.15) is 0 Å². The lowest BCUT2D eigenvalue weighted by Gasteiger charge is -2.08. The summed E-state index contributed by atoms with van der Waals surface area (Å²) in [4.78, 5) is 0. The van der Waals surface area contributed by atoms with Crippen molar-refractivity contribution in [2.24, 2.45) is 0 Å². The molecule has 5 heteroatoms. The normalized spacial score (nSPS) is 10.5. The van der Waals surface area contributed by atoms with Crippen LogP contribution in [0.1, 0.15) is 5.56 Å². The van der Waals surface area contributed by atoms with E-state index in [0.717, 1.165) is 25.2 Å². The van der Waals surface area contributed by atoms with Crippen molar-refractivity contribution in [2.75, 3.05) is 13.7 Å². The summed E-state index contributed by atoms with van der Waals surface area (Å²) < 4.78 is 6.94. The lowest BCUT2D eigenvalue weighted by Crippen LogP contribution is -2.19. The summed E-state index contributed by atoms with van der Waals surface area (Å²) in [5, 5.41) is 16.9. The molecule has 0 aliphatic heterocycles. The molecule has 2 rings (SSSR count). The third-order valence-electron chi connectivity index (χ3n) is 2.65. The van der Waals surface area contributed by atoms with Gasteiger partial charge in [0.15, 0.2) is 11.5 Å². The molecule has 0 radical (unpaired) electrons. The highest BCUT2D eigenvalue weighted by Crippen LogP contribution is 2.25. The molecule has 0 aliphatic rings. The third-order valence-corrected chi connectivity index (χ3v) is 2.65. The van der Waals surface area contributed by atoms with E-state index in [1.54, 1.807) is 19.4 Å². The van der Waals surface area contributed by atoms with Crippen molar-refractivity contribution in [3.63, 3.8) is 0 Å². The van der Waals surface area contributed by atoms with Crippen LogP contribution in [0.2, 0.25) is 0 Å². The Hall–Kier alpha value is -2.01. The number of benzene rings is 1. The fourth-order valence-electron chi connectivity index (χ4n) is 1.69. The van der Waals surface area contributed by atoms with Gasteiger partial charge in [0.2, 0.25) is 0 Å². The van der Waals surface area contributed by atoms with Gasteiger partial charge < -0.3 is 15.2 Å². The Balaban J connectivity index is 1.79. The van der Waals surface area contributed by atoms with Crippen molar-refractivity contribution in [3.8, 4) is 11.5 Å². The number of phenols is 1. The highest BCUT2D eigenvalue weighted by molar-refractivity contribution is 5.41. The van der Waals surface area contributed by atoms with Crippen molar-refractivity contribution < 1.29 is 9.84 Å². The average Bonchev–Trinajstić information content (AvgIpc) is 2.89. The molecular formula is C13H17N3O2. The first-order chi connectivity index (χ1) is 8.79. The van der Waals surface area contributed by atoms with E-state index in [2.05, 4.69) is 10.4 Å². The molecule has 0 atom stereocenters. The number of nitrogens with zero attached hydrogens (tertiary/aromatic N) is 2. The second-order valence-electron chi connectivity index (χ2n) is 3.95. The molecule has 2 aromatic rings. The molecule has 0 saturated carbocycles. The molecular weight excluding hydrogens is 230 g/mol. The van der Waals surface area contributed by atoms with E-state index >= 15 is 0 Å². The maximum atomic E-state index is 9.47. The number of rotatable bonds is 6. The van der Waals surface area contributed by atoms with Crippen LogP contribution in [0.15, 0.2) is 36.7 Å². The van der Waals surface area contributed by atoms with Gasteiger partial charge in [-0.3, -0.25) is 4.68 Å². The van der Waals surface area contributed by atoms with Crippen molar-refractivity contribution in [1.29, 1.82) is 0 Å². The number of phenolic OH excluding ortho intramolecular Hbond substituents is 1. The van der Waals surface area contributed by atoms with Gasteiger partial charge in [-0.25, -0.2) is 0 Å². The van der Waals surface area contributed by atoms with E-state index in [4.69, 9.17) is 4.74 Å². The number of hydrogen-bond acceptors (Lipinski definition) is 4. The van der Waals surface area contributed by atoms with Crippen molar-refractivity contribution >= 4 is 0 Å². The third kappa shape index (κ3) is 3.24. The first kappa shape index (κ1) is 12.4. The number of hydrogen-bond donors (Lipinski definition) is 2. The van der Waals surface area contributed by atoms with Crippen LogP contribution in [0.4, 0.5) is 0 Å². The second kappa shape index (κ2) is 6.07. The molecule has 0 bridgehead atoms. The summed E-state index contributed by atoms with van der Waals surface area (Å²) in [6.07, 6.45) is 3.70. The quantitative estimate of drug-likeness (QED) is 0.757. The largest absolute Gasteiger partial charge is 0.504 e. The minimum absolute atomic E-state index is 0.165. The van der Waals surface area contributed by atoms with E-state index < -0.39 is 0 Å². The first-order valence-corrected chi connectivity index (χ1v) is 5.83. The van der Waals surface area contributed by atoms with Crippen LogP contribution in [0.25, 0.3) is 0 Å². The van der Waals surface area contributed by atoms with Gasteiger partial charge in [0, 0.05) is 25.5 Å². The van der Waals surface area contributed by atoms with Crippen molar-refractivity contribution in [1.82, 2.24) is 15.1 Å². The average molecular weight is 247 g/mol. The molecule has 5 nitrogen and oxygen atoms in total. The lowest BCUT2D eigenvalue weighted by atomic mass is 10.2. The fraction of sp³-hybridized carbons (Fsp3) is 0.308. The topological polar surface area (TPSA) is 59.3 Å². The Morgan fingerprint density at radius 3 is 3.06 bits per heavy atom. The fourth-order valence-corrected chi connectivity index (χ4v) is 1.69. The maximum Gasteiger partial charge on any atom is 0.160 e. The summed E-state index contributed by atoms with van der Waals surface area (Å²) in [5.74, 6) is 0.666. The van der Waals surface area contributed by atoms with Crippen LogP contribution < -0.4 is 10.1 Å². The lowest BCUT2D eigenvalue weighted by molar-refractivity contribution is 0.372. The predicted octanol–water partition coefficient (Wildman–Crippen LogP) is 1.39. The molecule has 0 unspecified atom stereocenters. The zero-order valence-electron chi connectivity index (χ0n) is 10.3. The molecule has 1 heterocycles. The Kier molecular flexibility index (Phi) is 4.20. The number of aromatic hydroxyl groups is 1. The van der Waals surface area contributed by atoms with Crippen LogP contribution in [0.3, 0.4) is 0 Å². The van der Waals surface area contributed by atoms with Crippen molar-refractivity contribution in [2.45, 2.75) is 13.1 Å². The van der Waals surface area contributed by atoms with Crippen LogP contribution in [0.5, 0.6) is 11.5 Å². The molecule has 0 fully saturated rings. The molecule has 18 heavy (non-hydrogen) atoms. The zero-order valence-corrected chi connectivity index (χ0v) is 10.3. The van der Waals surface area contributed by atoms with Crippen LogP contribution in [-0.4, -0.2) is 28.5 Å². The molecule has 0 spiro atoms. The molecule has 0 aliphatic carbocycles. The smallest absolute Gasteiger partial charge is 0.160 e. The zero-order chi connectivity index (χ0) is 12.8. The van der Waals surface area contributed by atoms with Gasteiger partial charge in [0.05, 0.1) is 13.7 Å². The summed E-state index contributed by atoms with van der Waals surface area (Å²) in [6, 6.07) is 7.25.